The first-order valence-corrected chi connectivity index (χ1v) is 12.6. The molecular formula is C24H33N3O3S. The van der Waals surface area contributed by atoms with E-state index in [9.17, 15) is 13.2 Å². The molecule has 0 aliphatic carbocycles. The maximum Gasteiger partial charge on any atom is 0.251 e. The predicted octanol–water partition coefficient (Wildman–Crippen LogP) is 3.68. The number of nitrogens with zero attached hydrogens (tertiary/aromatic N) is 1. The molecule has 0 spiro atoms. The number of hydrogen-bond acceptors (Lipinski definition) is 4. The molecule has 3 rings (SSSR count). The van der Waals surface area contributed by atoms with Gasteiger partial charge in [-0.2, -0.15) is 0 Å². The van der Waals surface area contributed by atoms with Crippen LogP contribution in [0.3, 0.4) is 0 Å². The molecule has 168 valence electrons. The molecule has 1 aliphatic heterocycles. The Balaban J connectivity index is 1.61. The van der Waals surface area contributed by atoms with Crippen LogP contribution in [0.1, 0.15) is 61.0 Å². The topological polar surface area (TPSA) is 78.5 Å². The quantitative estimate of drug-likeness (QED) is 0.620. The minimum absolute atomic E-state index is 0.141. The fraction of sp³-hybridized carbons (Fsp3) is 0.458. The van der Waals surface area contributed by atoms with E-state index in [1.54, 1.807) is 12.1 Å². The summed E-state index contributed by atoms with van der Waals surface area (Å²) in [7, 11) is -3.58. The number of hydrogen-bond donors (Lipinski definition) is 2. The molecule has 2 aromatic rings. The van der Waals surface area contributed by atoms with Crippen molar-refractivity contribution in [3.8, 4) is 0 Å². The molecule has 2 N–H and O–H groups in total. The van der Waals surface area contributed by atoms with Crippen molar-refractivity contribution in [3.05, 3.63) is 65.2 Å². The van der Waals surface area contributed by atoms with Gasteiger partial charge in [-0.15, -0.1) is 0 Å². The molecule has 1 heterocycles. The second-order valence-corrected chi connectivity index (χ2v) is 9.96. The van der Waals surface area contributed by atoms with Crippen molar-refractivity contribution < 1.29 is 13.2 Å². The van der Waals surface area contributed by atoms with Gasteiger partial charge in [-0.25, -0.2) is 13.1 Å². The van der Waals surface area contributed by atoms with Crippen molar-refractivity contribution in [1.82, 2.24) is 14.9 Å². The van der Waals surface area contributed by atoms with E-state index in [1.807, 2.05) is 26.0 Å². The van der Waals surface area contributed by atoms with Gasteiger partial charge >= 0.3 is 0 Å². The van der Waals surface area contributed by atoms with E-state index in [-0.39, 0.29) is 16.8 Å². The van der Waals surface area contributed by atoms with Crippen molar-refractivity contribution in [1.29, 1.82) is 0 Å². The van der Waals surface area contributed by atoms with E-state index in [4.69, 9.17) is 0 Å². The maximum atomic E-state index is 12.6. The average molecular weight is 444 g/mol. The van der Waals surface area contributed by atoms with Gasteiger partial charge in [0.15, 0.2) is 0 Å². The highest BCUT2D eigenvalue weighted by Crippen LogP contribution is 2.17. The van der Waals surface area contributed by atoms with Gasteiger partial charge in [0.05, 0.1) is 4.90 Å². The largest absolute Gasteiger partial charge is 0.348 e. The van der Waals surface area contributed by atoms with Crippen LogP contribution in [-0.2, 0) is 23.1 Å². The molecule has 1 saturated heterocycles. The molecule has 1 fully saturated rings. The van der Waals surface area contributed by atoms with Crippen LogP contribution in [0.2, 0.25) is 0 Å². The molecule has 1 aliphatic rings. The van der Waals surface area contributed by atoms with E-state index in [0.29, 0.717) is 18.5 Å². The molecule has 1 unspecified atom stereocenters. The van der Waals surface area contributed by atoms with Gasteiger partial charge < -0.3 is 5.32 Å². The summed E-state index contributed by atoms with van der Waals surface area (Å²) in [5, 5.41) is 2.97. The Labute approximate surface area is 186 Å². The van der Waals surface area contributed by atoms with Crippen LogP contribution in [0, 0.1) is 0 Å². The molecule has 6 nitrogen and oxygen atoms in total. The Hall–Kier alpha value is -2.22. The van der Waals surface area contributed by atoms with Gasteiger partial charge in [0.2, 0.25) is 10.0 Å². The molecular weight excluding hydrogens is 410 g/mol. The fourth-order valence-corrected chi connectivity index (χ4v) is 5.05. The first kappa shape index (κ1) is 23.4. The van der Waals surface area contributed by atoms with E-state index in [1.165, 1.54) is 37.0 Å². The molecule has 2 aromatic carbocycles. The summed E-state index contributed by atoms with van der Waals surface area (Å²) in [4.78, 5) is 15.2. The number of likely N-dealkylation sites (tertiary alicyclic amines) is 1. The molecule has 0 saturated carbocycles. The molecule has 1 amide bonds. The van der Waals surface area contributed by atoms with Crippen molar-refractivity contribution in [3.63, 3.8) is 0 Å². The molecule has 0 aromatic heterocycles. The Morgan fingerprint density at radius 1 is 1.00 bits per heavy atom. The third-order valence-corrected chi connectivity index (χ3v) is 7.40. The lowest BCUT2D eigenvalue weighted by Gasteiger charge is -2.27. The number of rotatable bonds is 9. The van der Waals surface area contributed by atoms with Gasteiger partial charge in [0.25, 0.3) is 5.91 Å². The summed E-state index contributed by atoms with van der Waals surface area (Å²) in [5.74, 6) is -0.216. The zero-order chi connectivity index (χ0) is 22.3. The van der Waals surface area contributed by atoms with Gasteiger partial charge in [-0.05, 0) is 74.7 Å². The van der Waals surface area contributed by atoms with Crippen molar-refractivity contribution in [2.45, 2.75) is 63.6 Å². The average Bonchev–Trinajstić information content (AvgIpc) is 2.78. The maximum absolute atomic E-state index is 12.6. The standard InChI is InChI=1S/C24H33N3O3S/c1-3-19(2)26-31(29,30)23-13-11-20(12-14-23)24(28)25-17-21-9-5-6-10-22(21)18-27-15-7-4-8-16-27/h5-6,9-14,19,26H,3-4,7-8,15-18H2,1-2H3,(H,25,28). The Kier molecular flexibility index (Phi) is 8.23. The summed E-state index contributed by atoms with van der Waals surface area (Å²) in [5.41, 5.74) is 2.79. The van der Waals surface area contributed by atoms with Gasteiger partial charge in [0.1, 0.15) is 0 Å². The third kappa shape index (κ3) is 6.63. The number of nitrogens with one attached hydrogen (secondary N) is 2. The van der Waals surface area contributed by atoms with Crippen LogP contribution in [0.5, 0.6) is 0 Å². The SMILES string of the molecule is CCC(C)NS(=O)(=O)c1ccc(C(=O)NCc2ccccc2CN2CCCCC2)cc1. The minimum atomic E-state index is -3.58. The van der Waals surface area contributed by atoms with E-state index < -0.39 is 10.0 Å². The zero-order valence-corrected chi connectivity index (χ0v) is 19.2. The summed E-state index contributed by atoms with van der Waals surface area (Å²) in [6.07, 6.45) is 4.51. The Morgan fingerprint density at radius 2 is 1.65 bits per heavy atom. The normalized spacial score (nSPS) is 16.1. The number of piperidine rings is 1. The first-order valence-electron chi connectivity index (χ1n) is 11.1. The highest BCUT2D eigenvalue weighted by molar-refractivity contribution is 7.89. The number of amides is 1. The molecule has 0 radical (unpaired) electrons. The molecule has 0 bridgehead atoms. The van der Waals surface area contributed by atoms with Crippen molar-refractivity contribution >= 4 is 15.9 Å². The molecule has 7 heteroatoms. The zero-order valence-electron chi connectivity index (χ0n) is 18.4. The second kappa shape index (κ2) is 10.9. The second-order valence-electron chi connectivity index (χ2n) is 8.24. The monoisotopic (exact) mass is 443 g/mol. The predicted molar refractivity (Wildman–Crippen MR) is 123 cm³/mol. The summed E-state index contributed by atoms with van der Waals surface area (Å²) >= 11 is 0. The lowest BCUT2D eigenvalue weighted by atomic mass is 10.0. The van der Waals surface area contributed by atoms with Crippen LogP contribution in [-0.4, -0.2) is 38.4 Å². The Bertz CT molecular complexity index is 968. The van der Waals surface area contributed by atoms with E-state index in [0.717, 1.165) is 25.2 Å². The number of benzene rings is 2. The number of carbonyl (C=O) groups excluding carboxylic acids is 1. The lowest BCUT2D eigenvalue weighted by Crippen LogP contribution is -2.32. The summed E-state index contributed by atoms with van der Waals surface area (Å²) in [6, 6.07) is 14.1. The van der Waals surface area contributed by atoms with Gasteiger partial charge in [-0.3, -0.25) is 9.69 Å². The fourth-order valence-electron chi connectivity index (χ4n) is 3.72. The van der Waals surface area contributed by atoms with E-state index >= 15 is 0 Å². The van der Waals surface area contributed by atoms with Crippen LogP contribution in [0.4, 0.5) is 0 Å². The number of carbonyl (C=O) groups is 1. The van der Waals surface area contributed by atoms with E-state index in [2.05, 4.69) is 27.1 Å². The van der Waals surface area contributed by atoms with Crippen LogP contribution < -0.4 is 10.0 Å². The van der Waals surface area contributed by atoms with Gasteiger partial charge in [-0.1, -0.05) is 37.6 Å². The first-order chi connectivity index (χ1) is 14.9. The van der Waals surface area contributed by atoms with Crippen molar-refractivity contribution in [2.24, 2.45) is 0 Å². The summed E-state index contributed by atoms with van der Waals surface area (Å²) in [6.45, 7) is 7.34. The van der Waals surface area contributed by atoms with Crippen LogP contribution >= 0.6 is 0 Å². The molecule has 1 atom stereocenters. The minimum Gasteiger partial charge on any atom is -0.348 e. The lowest BCUT2D eigenvalue weighted by molar-refractivity contribution is 0.0950. The summed E-state index contributed by atoms with van der Waals surface area (Å²) < 4.78 is 27.4. The molecule has 31 heavy (non-hydrogen) atoms. The number of sulfonamides is 1. The van der Waals surface area contributed by atoms with Gasteiger partial charge in [0, 0.05) is 24.7 Å². The third-order valence-electron chi connectivity index (χ3n) is 5.80. The van der Waals surface area contributed by atoms with Crippen molar-refractivity contribution in [2.75, 3.05) is 13.1 Å². The smallest absolute Gasteiger partial charge is 0.251 e. The van der Waals surface area contributed by atoms with Crippen LogP contribution in [0.25, 0.3) is 0 Å². The van der Waals surface area contributed by atoms with Crippen LogP contribution in [0.15, 0.2) is 53.4 Å². The highest BCUT2D eigenvalue weighted by Gasteiger charge is 2.17. The highest BCUT2D eigenvalue weighted by atomic mass is 32.2. The Morgan fingerprint density at radius 3 is 2.29 bits per heavy atom.